The SMILES string of the molecule is Cc1ccc(CNc2n[s+]([O-])nc2Nc2cccc(S(=O)(=O)N3CCCC3)c2O)o1. The van der Waals surface area contributed by atoms with E-state index in [0.717, 1.165) is 18.6 Å². The summed E-state index contributed by atoms with van der Waals surface area (Å²) in [5.74, 6) is 1.34. The van der Waals surface area contributed by atoms with Crippen molar-refractivity contribution in [3.63, 3.8) is 0 Å². The molecule has 1 fully saturated rings. The summed E-state index contributed by atoms with van der Waals surface area (Å²) in [7, 11) is -3.81. The van der Waals surface area contributed by atoms with Crippen molar-refractivity contribution in [2.24, 2.45) is 0 Å². The van der Waals surface area contributed by atoms with Gasteiger partial charge in [-0.3, -0.25) is 0 Å². The van der Waals surface area contributed by atoms with E-state index >= 15 is 0 Å². The first-order valence-electron chi connectivity index (χ1n) is 9.33. The molecule has 1 aliphatic heterocycles. The van der Waals surface area contributed by atoms with Gasteiger partial charge in [0.05, 0.1) is 12.2 Å². The first kappa shape index (κ1) is 20.6. The normalized spacial score (nSPS) is 15.5. The Kier molecular flexibility index (Phi) is 5.64. The highest BCUT2D eigenvalue weighted by Gasteiger charge is 2.30. The number of aromatic nitrogens is 2. The van der Waals surface area contributed by atoms with Crippen LogP contribution in [-0.4, -0.2) is 44.2 Å². The highest BCUT2D eigenvalue weighted by molar-refractivity contribution is 7.89. The van der Waals surface area contributed by atoms with Gasteiger partial charge in [-0.2, -0.15) is 4.31 Å². The number of benzene rings is 1. The summed E-state index contributed by atoms with van der Waals surface area (Å²) in [6.45, 7) is 2.97. The van der Waals surface area contributed by atoms with Crippen LogP contribution >= 0.6 is 11.1 Å². The van der Waals surface area contributed by atoms with E-state index < -0.39 is 26.9 Å². The van der Waals surface area contributed by atoms with Crippen molar-refractivity contribution >= 4 is 38.5 Å². The molecule has 3 heterocycles. The molecular weight excluding hydrogens is 430 g/mol. The van der Waals surface area contributed by atoms with Gasteiger partial charge in [0.25, 0.3) is 0 Å². The van der Waals surface area contributed by atoms with Crippen LogP contribution in [0.2, 0.25) is 0 Å². The molecule has 3 N–H and O–H groups in total. The van der Waals surface area contributed by atoms with Crippen molar-refractivity contribution in [3.05, 3.63) is 41.9 Å². The van der Waals surface area contributed by atoms with Gasteiger partial charge in [-0.25, -0.2) is 8.42 Å². The second kappa shape index (κ2) is 8.22. The van der Waals surface area contributed by atoms with Gasteiger partial charge in [-0.15, -0.1) is 0 Å². The summed E-state index contributed by atoms with van der Waals surface area (Å²) in [4.78, 5) is -0.188. The largest absolute Gasteiger partial charge is 0.546 e. The van der Waals surface area contributed by atoms with Crippen LogP contribution in [-0.2, 0) is 16.6 Å². The molecule has 3 aromatic rings. The number of hydrogen-bond donors (Lipinski definition) is 3. The van der Waals surface area contributed by atoms with Gasteiger partial charge in [0.2, 0.25) is 21.7 Å². The second-order valence-electron chi connectivity index (χ2n) is 6.86. The zero-order valence-corrected chi connectivity index (χ0v) is 17.8. The lowest BCUT2D eigenvalue weighted by Crippen LogP contribution is -2.28. The number of phenolic OH excluding ortho intramolecular Hbond substituents is 1. The van der Waals surface area contributed by atoms with E-state index in [0.29, 0.717) is 25.4 Å². The molecule has 0 aliphatic carbocycles. The van der Waals surface area contributed by atoms with Gasteiger partial charge >= 0.3 is 0 Å². The minimum absolute atomic E-state index is 0.122. The fraction of sp³-hybridized carbons (Fsp3) is 0.333. The van der Waals surface area contributed by atoms with Crippen LogP contribution in [0.25, 0.3) is 0 Å². The first-order chi connectivity index (χ1) is 14.3. The maximum atomic E-state index is 12.8. The number of para-hydroxylation sites is 1. The highest BCUT2D eigenvalue weighted by atomic mass is 32.2. The third kappa shape index (κ3) is 4.12. The number of nitrogens with zero attached hydrogens (tertiary/aromatic N) is 3. The van der Waals surface area contributed by atoms with Gasteiger partial charge in [-0.05, 0) is 44.0 Å². The summed E-state index contributed by atoms with van der Waals surface area (Å²) in [5, 5.41) is 16.5. The van der Waals surface area contributed by atoms with E-state index in [1.54, 1.807) is 6.07 Å². The zero-order chi connectivity index (χ0) is 21.3. The predicted molar refractivity (Wildman–Crippen MR) is 111 cm³/mol. The molecule has 4 rings (SSSR count). The topological polar surface area (TPSA) is 144 Å². The van der Waals surface area contributed by atoms with Gasteiger partial charge in [0.1, 0.15) is 16.4 Å². The van der Waals surface area contributed by atoms with Gasteiger partial charge < -0.3 is 24.7 Å². The second-order valence-corrected chi connectivity index (χ2v) is 9.60. The van der Waals surface area contributed by atoms with Crippen molar-refractivity contribution in [1.82, 2.24) is 13.1 Å². The summed E-state index contributed by atoms with van der Waals surface area (Å²) < 4.78 is 52.1. The van der Waals surface area contributed by atoms with Crippen molar-refractivity contribution in [3.8, 4) is 5.75 Å². The number of aromatic hydroxyl groups is 1. The summed E-state index contributed by atoms with van der Waals surface area (Å²) in [6.07, 6.45) is 1.59. The van der Waals surface area contributed by atoms with Gasteiger partial charge in [0, 0.05) is 21.8 Å². The molecule has 12 heteroatoms. The van der Waals surface area contributed by atoms with E-state index in [1.807, 2.05) is 13.0 Å². The van der Waals surface area contributed by atoms with Crippen molar-refractivity contribution in [1.29, 1.82) is 0 Å². The average molecular weight is 452 g/mol. The van der Waals surface area contributed by atoms with Crippen LogP contribution in [0.15, 0.2) is 39.6 Å². The average Bonchev–Trinajstić information content (AvgIpc) is 3.43. The van der Waals surface area contributed by atoms with Crippen LogP contribution in [0, 0.1) is 6.92 Å². The molecule has 1 unspecified atom stereocenters. The van der Waals surface area contributed by atoms with Crippen LogP contribution in [0.1, 0.15) is 24.4 Å². The maximum Gasteiger partial charge on any atom is 0.246 e. The van der Waals surface area contributed by atoms with Gasteiger partial charge in [-0.1, -0.05) is 6.07 Å². The van der Waals surface area contributed by atoms with Crippen LogP contribution in [0.5, 0.6) is 5.75 Å². The fourth-order valence-electron chi connectivity index (χ4n) is 3.24. The number of hydrogen-bond acceptors (Lipinski definition) is 9. The van der Waals surface area contributed by atoms with Crippen molar-refractivity contribution in [2.45, 2.75) is 31.2 Å². The van der Waals surface area contributed by atoms with Gasteiger partial charge in [0.15, 0.2) is 16.9 Å². The summed E-state index contributed by atoms with van der Waals surface area (Å²) in [6, 6.07) is 8.01. The number of nitrogens with one attached hydrogen (secondary N) is 2. The Morgan fingerprint density at radius 2 is 1.93 bits per heavy atom. The van der Waals surface area contributed by atoms with Crippen molar-refractivity contribution < 1.29 is 22.5 Å². The first-order valence-corrected chi connectivity index (χ1v) is 11.8. The van der Waals surface area contributed by atoms with E-state index in [9.17, 15) is 18.1 Å². The molecule has 0 bridgehead atoms. The molecule has 0 amide bonds. The number of phenols is 1. The maximum absolute atomic E-state index is 12.8. The number of anilines is 3. The quantitative estimate of drug-likeness (QED) is 0.365. The Bertz CT molecular complexity index is 1150. The number of furan rings is 1. The Morgan fingerprint density at radius 3 is 2.63 bits per heavy atom. The molecule has 1 atom stereocenters. The van der Waals surface area contributed by atoms with Crippen LogP contribution in [0.3, 0.4) is 0 Å². The Labute approximate surface area is 176 Å². The predicted octanol–water partition coefficient (Wildman–Crippen LogP) is 2.95. The molecule has 2 aromatic heterocycles. The Balaban J connectivity index is 1.57. The highest BCUT2D eigenvalue weighted by Crippen LogP contribution is 2.37. The van der Waals surface area contributed by atoms with E-state index in [2.05, 4.69) is 19.4 Å². The lowest BCUT2D eigenvalue weighted by molar-refractivity contribution is 0.445. The fourth-order valence-corrected chi connectivity index (χ4v) is 5.50. The molecule has 0 saturated carbocycles. The third-order valence-electron chi connectivity index (χ3n) is 4.72. The molecule has 0 spiro atoms. The number of rotatable bonds is 7. The summed E-state index contributed by atoms with van der Waals surface area (Å²) >= 11 is -1.83. The Morgan fingerprint density at radius 1 is 1.20 bits per heavy atom. The van der Waals surface area contributed by atoms with Crippen LogP contribution in [0.4, 0.5) is 17.3 Å². The molecule has 30 heavy (non-hydrogen) atoms. The molecule has 0 radical (unpaired) electrons. The zero-order valence-electron chi connectivity index (χ0n) is 16.2. The van der Waals surface area contributed by atoms with E-state index in [-0.39, 0.29) is 22.2 Å². The number of sulfonamides is 1. The molecule has 1 aromatic carbocycles. The smallest absolute Gasteiger partial charge is 0.246 e. The van der Waals surface area contributed by atoms with Crippen LogP contribution < -0.4 is 10.6 Å². The molecule has 160 valence electrons. The molecule has 1 aliphatic rings. The lowest BCUT2D eigenvalue weighted by atomic mass is 10.3. The Hall–Kier alpha value is -2.67. The lowest BCUT2D eigenvalue weighted by Gasteiger charge is -2.17. The number of aryl methyl sites for hydroxylation is 1. The molecular formula is C18H21N5O5S2. The summed E-state index contributed by atoms with van der Waals surface area (Å²) in [5.41, 5.74) is 0.122. The minimum atomic E-state index is -3.81. The molecule has 1 saturated heterocycles. The molecule has 10 nitrogen and oxygen atoms in total. The third-order valence-corrected chi connectivity index (χ3v) is 7.33. The van der Waals surface area contributed by atoms with E-state index in [4.69, 9.17) is 4.42 Å². The standard InChI is InChI=1S/C18H21N5O5S2/c1-12-7-8-13(28-12)11-19-17-18(22-29(25)21-17)20-14-5-4-6-15(16(14)24)30(26,27)23-9-2-3-10-23/h4-8,24H,2-3,9-11H2,1H3,(H,19,21)(H,20,22). The van der Waals surface area contributed by atoms with E-state index in [1.165, 1.54) is 22.5 Å². The van der Waals surface area contributed by atoms with Crippen molar-refractivity contribution in [2.75, 3.05) is 23.7 Å². The monoisotopic (exact) mass is 451 g/mol. The minimum Gasteiger partial charge on any atom is -0.546 e.